The first-order chi connectivity index (χ1) is 10.2. The van der Waals surface area contributed by atoms with Crippen LogP contribution in [0.1, 0.15) is 53.4 Å². The summed E-state index contributed by atoms with van der Waals surface area (Å²) >= 11 is 0. The van der Waals surface area contributed by atoms with E-state index >= 15 is 0 Å². The zero-order chi connectivity index (χ0) is 16.8. The Balaban J connectivity index is 2.40. The Bertz CT molecular complexity index is 439. The molecule has 2 unspecified atom stereocenters. The number of nitrogens with zero attached hydrogens (tertiary/aromatic N) is 2. The van der Waals surface area contributed by atoms with Crippen LogP contribution in [0.15, 0.2) is 6.33 Å². The van der Waals surface area contributed by atoms with Crippen LogP contribution in [0.4, 0.5) is 4.79 Å². The molecule has 0 aromatic carbocycles. The van der Waals surface area contributed by atoms with Crippen molar-refractivity contribution < 1.29 is 9.53 Å². The van der Waals surface area contributed by atoms with E-state index in [4.69, 9.17) is 4.74 Å². The van der Waals surface area contributed by atoms with E-state index in [2.05, 4.69) is 39.7 Å². The minimum Gasteiger partial charge on any atom is -0.444 e. The highest BCUT2D eigenvalue weighted by Gasteiger charge is 2.20. The quantitative estimate of drug-likeness (QED) is 0.718. The molecule has 0 fully saturated rings. The summed E-state index contributed by atoms with van der Waals surface area (Å²) < 4.78 is 5.26. The predicted octanol–water partition coefficient (Wildman–Crippen LogP) is 2.25. The number of H-pyrrole nitrogens is 1. The number of nitrogens with one attached hydrogen (secondary N) is 3. The van der Waals surface area contributed by atoms with Gasteiger partial charge in [-0.05, 0) is 39.5 Å². The second-order valence-electron chi connectivity index (χ2n) is 6.89. The van der Waals surface area contributed by atoms with E-state index in [-0.39, 0.29) is 12.1 Å². The Labute approximate surface area is 132 Å². The van der Waals surface area contributed by atoms with Gasteiger partial charge in [-0.2, -0.15) is 5.10 Å². The zero-order valence-electron chi connectivity index (χ0n) is 14.4. The molecule has 1 aromatic rings. The molecule has 3 N–H and O–H groups in total. The van der Waals surface area contributed by atoms with Crippen molar-refractivity contribution in [1.82, 2.24) is 25.8 Å². The Hall–Kier alpha value is -1.63. The number of hydrogen-bond acceptors (Lipinski definition) is 5. The van der Waals surface area contributed by atoms with Crippen molar-refractivity contribution in [3.8, 4) is 0 Å². The molecule has 0 bridgehead atoms. The lowest BCUT2D eigenvalue weighted by molar-refractivity contribution is 0.0514. The molecular weight excluding hydrogens is 282 g/mol. The number of alkyl carbamates (subject to hydrolysis) is 1. The summed E-state index contributed by atoms with van der Waals surface area (Å²) in [7, 11) is 0. The van der Waals surface area contributed by atoms with Crippen LogP contribution in [0.5, 0.6) is 0 Å². The molecule has 0 saturated carbocycles. The van der Waals surface area contributed by atoms with Crippen molar-refractivity contribution in [1.29, 1.82) is 0 Å². The Kier molecular flexibility index (Phi) is 6.80. The molecule has 0 aliphatic heterocycles. The first kappa shape index (κ1) is 18.4. The van der Waals surface area contributed by atoms with Crippen molar-refractivity contribution in [3.63, 3.8) is 0 Å². The normalized spacial score (nSPS) is 14.7. The van der Waals surface area contributed by atoms with Gasteiger partial charge in [0.25, 0.3) is 0 Å². The van der Waals surface area contributed by atoms with Gasteiger partial charge in [-0.25, -0.2) is 9.78 Å². The average Bonchev–Trinajstić information content (AvgIpc) is 2.89. The van der Waals surface area contributed by atoms with E-state index < -0.39 is 5.60 Å². The van der Waals surface area contributed by atoms with Gasteiger partial charge in [0, 0.05) is 13.1 Å². The Morgan fingerprint density at radius 1 is 1.32 bits per heavy atom. The van der Waals surface area contributed by atoms with Crippen molar-refractivity contribution >= 4 is 6.09 Å². The molecule has 0 aliphatic rings. The first-order valence-corrected chi connectivity index (χ1v) is 7.74. The summed E-state index contributed by atoms with van der Waals surface area (Å²) in [4.78, 5) is 15.9. The monoisotopic (exact) mass is 311 g/mol. The second-order valence-corrected chi connectivity index (χ2v) is 6.89. The van der Waals surface area contributed by atoms with Crippen molar-refractivity contribution in [2.45, 2.75) is 53.2 Å². The smallest absolute Gasteiger partial charge is 0.407 e. The maximum absolute atomic E-state index is 11.7. The average molecular weight is 311 g/mol. The molecule has 22 heavy (non-hydrogen) atoms. The van der Waals surface area contributed by atoms with Crippen LogP contribution in [-0.2, 0) is 4.74 Å². The summed E-state index contributed by atoms with van der Waals surface area (Å²) in [6.45, 7) is 13.2. The summed E-state index contributed by atoms with van der Waals surface area (Å²) in [5, 5.41) is 13.0. The van der Waals surface area contributed by atoms with Crippen molar-refractivity contribution in [2.24, 2.45) is 11.8 Å². The number of carbonyl (C=O) groups is 1. The fraction of sp³-hybridized carbons (Fsp3) is 0.800. The number of aromatic nitrogens is 3. The van der Waals surface area contributed by atoms with Crippen LogP contribution in [0, 0.1) is 11.8 Å². The third-order valence-corrected chi connectivity index (χ3v) is 3.38. The molecule has 7 nitrogen and oxygen atoms in total. The van der Waals surface area contributed by atoms with Crippen LogP contribution in [0.2, 0.25) is 0 Å². The molecular formula is C15H29N5O2. The van der Waals surface area contributed by atoms with Gasteiger partial charge in [0.05, 0.1) is 6.04 Å². The van der Waals surface area contributed by atoms with E-state index in [0.717, 1.165) is 12.4 Å². The van der Waals surface area contributed by atoms with Gasteiger partial charge in [0.15, 0.2) is 0 Å². The van der Waals surface area contributed by atoms with E-state index in [1.807, 2.05) is 27.7 Å². The van der Waals surface area contributed by atoms with Gasteiger partial charge in [-0.3, -0.25) is 5.10 Å². The number of hydrogen-bond donors (Lipinski definition) is 3. The summed E-state index contributed by atoms with van der Waals surface area (Å²) in [6.07, 6.45) is 1.12. The van der Waals surface area contributed by atoms with Gasteiger partial charge in [0.1, 0.15) is 17.8 Å². The summed E-state index contributed by atoms with van der Waals surface area (Å²) in [5.41, 5.74) is -0.476. The van der Waals surface area contributed by atoms with Crippen LogP contribution in [0.25, 0.3) is 0 Å². The number of carbonyl (C=O) groups excluding carboxylic acids is 1. The molecule has 0 radical (unpaired) electrons. The zero-order valence-corrected chi connectivity index (χ0v) is 14.4. The minimum absolute atomic E-state index is 0.0882. The van der Waals surface area contributed by atoms with E-state index in [1.54, 1.807) is 0 Å². The lowest BCUT2D eigenvalue weighted by atomic mass is 9.95. The summed E-state index contributed by atoms with van der Waals surface area (Å²) in [5.74, 6) is 1.55. The largest absolute Gasteiger partial charge is 0.444 e. The minimum atomic E-state index is -0.476. The van der Waals surface area contributed by atoms with Gasteiger partial charge in [0.2, 0.25) is 0 Å². The molecule has 0 aliphatic carbocycles. The number of aromatic amines is 1. The third-order valence-electron chi connectivity index (χ3n) is 3.38. The molecule has 7 heteroatoms. The maximum atomic E-state index is 11.7. The molecule has 1 rings (SSSR count). The summed E-state index contributed by atoms with van der Waals surface area (Å²) in [6, 6.07) is 0.0882. The number of rotatable bonds is 7. The molecule has 1 heterocycles. The van der Waals surface area contributed by atoms with Gasteiger partial charge >= 0.3 is 6.09 Å². The molecule has 2 atom stereocenters. The van der Waals surface area contributed by atoms with Crippen molar-refractivity contribution in [2.75, 3.05) is 13.1 Å². The third kappa shape index (κ3) is 6.89. The lowest BCUT2D eigenvalue weighted by Crippen LogP contribution is -2.40. The van der Waals surface area contributed by atoms with Crippen LogP contribution in [-0.4, -0.2) is 40.0 Å². The van der Waals surface area contributed by atoms with E-state index in [1.165, 1.54) is 6.33 Å². The molecule has 1 amide bonds. The maximum Gasteiger partial charge on any atom is 0.407 e. The fourth-order valence-corrected chi connectivity index (χ4v) is 1.92. The van der Waals surface area contributed by atoms with Crippen molar-refractivity contribution in [3.05, 3.63) is 12.2 Å². The molecule has 1 aromatic heterocycles. The lowest BCUT2D eigenvalue weighted by Gasteiger charge is -2.25. The predicted molar refractivity (Wildman–Crippen MR) is 85.4 cm³/mol. The highest BCUT2D eigenvalue weighted by molar-refractivity contribution is 5.67. The number of ether oxygens (including phenoxy) is 1. The highest BCUT2D eigenvalue weighted by atomic mass is 16.6. The topological polar surface area (TPSA) is 91.9 Å². The highest BCUT2D eigenvalue weighted by Crippen LogP contribution is 2.12. The SMILES string of the molecule is CC(NCC(CNC(=O)OC(C)(C)C)C(C)C)c1ncn[nH]1. The van der Waals surface area contributed by atoms with Crippen LogP contribution >= 0.6 is 0 Å². The van der Waals surface area contributed by atoms with E-state index in [0.29, 0.717) is 18.4 Å². The number of amides is 1. The molecule has 126 valence electrons. The van der Waals surface area contributed by atoms with Crippen LogP contribution < -0.4 is 10.6 Å². The molecule has 0 saturated heterocycles. The van der Waals surface area contributed by atoms with Gasteiger partial charge in [-0.1, -0.05) is 13.8 Å². The van der Waals surface area contributed by atoms with Gasteiger partial charge in [-0.15, -0.1) is 0 Å². The molecule has 0 spiro atoms. The fourth-order valence-electron chi connectivity index (χ4n) is 1.92. The standard InChI is InChI=1S/C15H29N5O2/c1-10(2)12(8-17-14(21)22-15(4,5)6)7-16-11(3)13-18-9-19-20-13/h9-12,16H,7-8H2,1-6H3,(H,17,21)(H,18,19,20). The van der Waals surface area contributed by atoms with E-state index in [9.17, 15) is 4.79 Å². The van der Waals surface area contributed by atoms with Crippen LogP contribution in [0.3, 0.4) is 0 Å². The first-order valence-electron chi connectivity index (χ1n) is 7.74. The Morgan fingerprint density at radius 2 is 2.00 bits per heavy atom. The van der Waals surface area contributed by atoms with Gasteiger partial charge < -0.3 is 15.4 Å². The Morgan fingerprint density at radius 3 is 2.50 bits per heavy atom. The second kappa shape index (κ2) is 8.12.